The largest absolute Gasteiger partial charge is 0.383 e. The van der Waals surface area contributed by atoms with Crippen molar-refractivity contribution in [2.75, 3.05) is 11.1 Å². The lowest BCUT2D eigenvalue weighted by atomic mass is 9.81. The van der Waals surface area contributed by atoms with Crippen LogP contribution in [0.25, 0.3) is 11.0 Å². The van der Waals surface area contributed by atoms with Crippen molar-refractivity contribution in [3.8, 4) is 0 Å². The third-order valence-electron chi connectivity index (χ3n) is 4.99. The standard InChI is InChI=1S/C21H25N5O3/c1-11-9-7-8-10-12(11)23-18(27)13-15(21(2,3)4)14-17(24-16(13)22)25(5)20(29)26(6)19(14)28/h7-10H,1-6H3,(H2,22,24)(H,23,27). The number of hydrogen-bond acceptors (Lipinski definition) is 5. The number of para-hydroxylation sites is 1. The first-order chi connectivity index (χ1) is 13.4. The Balaban J connectivity index is 2.40. The van der Waals surface area contributed by atoms with Gasteiger partial charge in [0.2, 0.25) is 0 Å². The molecule has 3 rings (SSSR count). The quantitative estimate of drug-likeness (QED) is 0.690. The molecule has 2 heterocycles. The van der Waals surface area contributed by atoms with Crippen LogP contribution in [0.3, 0.4) is 0 Å². The minimum absolute atomic E-state index is 0.0308. The highest BCUT2D eigenvalue weighted by molar-refractivity contribution is 6.11. The maximum Gasteiger partial charge on any atom is 0.332 e. The van der Waals surface area contributed by atoms with Gasteiger partial charge in [0.15, 0.2) is 5.65 Å². The zero-order chi connectivity index (χ0) is 21.7. The Morgan fingerprint density at radius 2 is 1.72 bits per heavy atom. The van der Waals surface area contributed by atoms with E-state index in [1.165, 1.54) is 18.7 Å². The van der Waals surface area contributed by atoms with E-state index in [0.717, 1.165) is 10.1 Å². The van der Waals surface area contributed by atoms with Gasteiger partial charge in [-0.05, 0) is 29.5 Å². The van der Waals surface area contributed by atoms with Crippen molar-refractivity contribution in [1.82, 2.24) is 14.1 Å². The number of rotatable bonds is 2. The van der Waals surface area contributed by atoms with E-state index in [-0.39, 0.29) is 22.4 Å². The minimum atomic E-state index is -0.614. The molecule has 3 aromatic rings. The average molecular weight is 395 g/mol. The number of aromatic nitrogens is 3. The van der Waals surface area contributed by atoms with Gasteiger partial charge in [0.1, 0.15) is 5.82 Å². The highest BCUT2D eigenvalue weighted by Crippen LogP contribution is 2.33. The molecule has 0 fully saturated rings. The Morgan fingerprint density at radius 1 is 1.10 bits per heavy atom. The highest BCUT2D eigenvalue weighted by Gasteiger charge is 2.31. The fourth-order valence-corrected chi connectivity index (χ4v) is 3.48. The molecule has 152 valence electrons. The van der Waals surface area contributed by atoms with Crippen LogP contribution >= 0.6 is 0 Å². The first-order valence-corrected chi connectivity index (χ1v) is 9.21. The Morgan fingerprint density at radius 3 is 2.31 bits per heavy atom. The first kappa shape index (κ1) is 20.3. The maximum atomic E-state index is 13.2. The van der Waals surface area contributed by atoms with Crippen molar-refractivity contribution >= 4 is 28.4 Å². The Labute approximate surface area is 168 Å². The van der Waals surface area contributed by atoms with Gasteiger partial charge in [0.05, 0.1) is 10.9 Å². The summed E-state index contributed by atoms with van der Waals surface area (Å²) in [5.41, 5.74) is 6.86. The van der Waals surface area contributed by atoms with E-state index in [1.807, 2.05) is 45.9 Å². The predicted octanol–water partition coefficient (Wildman–Crippen LogP) is 2.07. The van der Waals surface area contributed by atoms with E-state index in [4.69, 9.17) is 5.73 Å². The molecule has 0 aliphatic carbocycles. The lowest BCUT2D eigenvalue weighted by Crippen LogP contribution is -2.39. The fraction of sp³-hybridized carbons (Fsp3) is 0.333. The maximum absolute atomic E-state index is 13.2. The number of fused-ring (bicyclic) bond motifs is 1. The van der Waals surface area contributed by atoms with Crippen LogP contribution in [0, 0.1) is 6.92 Å². The van der Waals surface area contributed by atoms with Gasteiger partial charge in [0, 0.05) is 19.8 Å². The number of pyridine rings is 1. The van der Waals surface area contributed by atoms with Gasteiger partial charge in [-0.25, -0.2) is 9.78 Å². The number of amides is 1. The van der Waals surface area contributed by atoms with Crippen LogP contribution in [0.2, 0.25) is 0 Å². The van der Waals surface area contributed by atoms with Crippen LogP contribution < -0.4 is 22.3 Å². The van der Waals surface area contributed by atoms with E-state index in [9.17, 15) is 14.4 Å². The van der Waals surface area contributed by atoms with Crippen molar-refractivity contribution < 1.29 is 4.79 Å². The fourth-order valence-electron chi connectivity index (χ4n) is 3.48. The highest BCUT2D eigenvalue weighted by atomic mass is 16.2. The number of benzene rings is 1. The summed E-state index contributed by atoms with van der Waals surface area (Å²) < 4.78 is 2.28. The van der Waals surface area contributed by atoms with E-state index in [0.29, 0.717) is 11.3 Å². The zero-order valence-electron chi connectivity index (χ0n) is 17.5. The molecule has 0 aliphatic heterocycles. The number of hydrogen-bond donors (Lipinski definition) is 2. The van der Waals surface area contributed by atoms with Crippen molar-refractivity contribution in [2.45, 2.75) is 33.1 Å². The number of nitrogens with zero attached hydrogens (tertiary/aromatic N) is 3. The van der Waals surface area contributed by atoms with Gasteiger partial charge >= 0.3 is 5.69 Å². The second kappa shape index (κ2) is 6.88. The number of carbonyl (C=O) groups excluding carboxylic acids is 1. The Bertz CT molecular complexity index is 1260. The molecule has 0 unspecified atom stereocenters. The van der Waals surface area contributed by atoms with Crippen LogP contribution in [-0.4, -0.2) is 20.0 Å². The summed E-state index contributed by atoms with van der Waals surface area (Å²) in [7, 11) is 2.93. The van der Waals surface area contributed by atoms with Gasteiger partial charge in [-0.1, -0.05) is 39.0 Å². The number of nitrogen functional groups attached to an aromatic ring is 1. The van der Waals surface area contributed by atoms with Crippen LogP contribution in [0.5, 0.6) is 0 Å². The summed E-state index contributed by atoms with van der Waals surface area (Å²) in [6.45, 7) is 7.54. The second-order valence-corrected chi connectivity index (χ2v) is 8.17. The zero-order valence-corrected chi connectivity index (χ0v) is 17.5. The lowest BCUT2D eigenvalue weighted by molar-refractivity contribution is 0.102. The number of aryl methyl sites for hydroxylation is 2. The summed E-state index contributed by atoms with van der Waals surface area (Å²) in [5.74, 6) is -0.483. The van der Waals surface area contributed by atoms with Crippen molar-refractivity contribution in [3.63, 3.8) is 0 Å². The molecule has 0 saturated heterocycles. The molecule has 3 N–H and O–H groups in total. The van der Waals surface area contributed by atoms with Gasteiger partial charge < -0.3 is 11.1 Å². The molecule has 0 atom stereocenters. The van der Waals surface area contributed by atoms with Crippen LogP contribution in [-0.2, 0) is 19.5 Å². The number of anilines is 2. The summed E-state index contributed by atoms with van der Waals surface area (Å²) >= 11 is 0. The molecular weight excluding hydrogens is 370 g/mol. The summed E-state index contributed by atoms with van der Waals surface area (Å²) in [4.78, 5) is 42.8. The lowest BCUT2D eigenvalue weighted by Gasteiger charge is -2.25. The molecule has 8 nitrogen and oxygen atoms in total. The molecule has 8 heteroatoms. The Kier molecular flexibility index (Phi) is 4.82. The van der Waals surface area contributed by atoms with Crippen molar-refractivity contribution in [3.05, 3.63) is 61.8 Å². The molecule has 0 spiro atoms. The monoisotopic (exact) mass is 395 g/mol. The third-order valence-corrected chi connectivity index (χ3v) is 4.99. The number of carbonyl (C=O) groups is 1. The molecule has 1 amide bonds. The average Bonchev–Trinajstić information content (AvgIpc) is 2.64. The van der Waals surface area contributed by atoms with Gasteiger partial charge in [-0.15, -0.1) is 0 Å². The predicted molar refractivity (Wildman–Crippen MR) is 114 cm³/mol. The van der Waals surface area contributed by atoms with Gasteiger partial charge in [-0.3, -0.25) is 18.7 Å². The molecule has 29 heavy (non-hydrogen) atoms. The van der Waals surface area contributed by atoms with Gasteiger partial charge in [0.25, 0.3) is 11.5 Å². The second-order valence-electron chi connectivity index (χ2n) is 8.17. The normalized spacial score (nSPS) is 11.7. The SMILES string of the molecule is Cc1ccccc1NC(=O)c1c(N)nc2c(c1C(C)(C)C)c(=O)n(C)c(=O)n2C. The van der Waals surface area contributed by atoms with Crippen molar-refractivity contribution in [1.29, 1.82) is 0 Å². The summed E-state index contributed by atoms with van der Waals surface area (Å²) in [5, 5.41) is 3.08. The van der Waals surface area contributed by atoms with Crippen LogP contribution in [0.15, 0.2) is 33.9 Å². The summed E-state index contributed by atoms with van der Waals surface area (Å²) in [6.07, 6.45) is 0. The molecule has 0 bridgehead atoms. The molecule has 2 aromatic heterocycles. The van der Waals surface area contributed by atoms with E-state index < -0.39 is 22.6 Å². The third kappa shape index (κ3) is 3.30. The van der Waals surface area contributed by atoms with E-state index in [1.54, 1.807) is 6.07 Å². The topological polar surface area (TPSA) is 112 Å². The molecular formula is C21H25N5O3. The van der Waals surface area contributed by atoms with Gasteiger partial charge in [-0.2, -0.15) is 0 Å². The number of nitrogens with two attached hydrogens (primary N) is 1. The Hall–Kier alpha value is -3.42. The molecule has 1 aromatic carbocycles. The van der Waals surface area contributed by atoms with Crippen LogP contribution in [0.1, 0.15) is 42.3 Å². The van der Waals surface area contributed by atoms with Crippen LogP contribution in [0.4, 0.5) is 11.5 Å². The minimum Gasteiger partial charge on any atom is -0.383 e. The molecule has 0 radical (unpaired) electrons. The van der Waals surface area contributed by atoms with E-state index >= 15 is 0 Å². The number of nitrogens with one attached hydrogen (secondary N) is 1. The molecule has 0 aliphatic rings. The smallest absolute Gasteiger partial charge is 0.332 e. The molecule has 0 saturated carbocycles. The first-order valence-electron chi connectivity index (χ1n) is 9.21. The summed E-state index contributed by atoms with van der Waals surface area (Å²) in [6, 6.07) is 7.37. The van der Waals surface area contributed by atoms with E-state index in [2.05, 4.69) is 10.3 Å². The van der Waals surface area contributed by atoms with Crippen molar-refractivity contribution in [2.24, 2.45) is 14.1 Å².